The van der Waals surface area contributed by atoms with Crippen molar-refractivity contribution >= 4 is 28.5 Å². The van der Waals surface area contributed by atoms with E-state index < -0.39 is 14.1 Å². The summed E-state index contributed by atoms with van der Waals surface area (Å²) in [5.74, 6) is -0.221. The van der Waals surface area contributed by atoms with E-state index >= 15 is 0 Å². The van der Waals surface area contributed by atoms with Crippen molar-refractivity contribution in [2.75, 3.05) is 53.4 Å². The van der Waals surface area contributed by atoms with Gasteiger partial charge in [0, 0.05) is 50.3 Å². The first-order valence-corrected chi connectivity index (χ1v) is 10.8. The lowest BCUT2D eigenvalue weighted by atomic mass is 10.2. The Morgan fingerprint density at radius 1 is 0.848 bits per heavy atom. The van der Waals surface area contributed by atoms with Crippen molar-refractivity contribution in [1.82, 2.24) is 0 Å². The molecule has 2 aromatic carbocycles. The van der Waals surface area contributed by atoms with Gasteiger partial charge in [-0.2, -0.15) is 0 Å². The molecule has 0 aromatic heterocycles. The number of aldehydes is 2. The van der Waals surface area contributed by atoms with Gasteiger partial charge in [0.1, 0.15) is 12.6 Å². The van der Waals surface area contributed by atoms with Crippen LogP contribution in [-0.4, -0.2) is 71.1 Å². The number of rotatable bonds is 12. The zero-order chi connectivity index (χ0) is 29.9. The zero-order valence-electron chi connectivity index (χ0n) is 24.5. The Hall–Kier alpha value is -2.62. The highest BCUT2D eigenvalue weighted by molar-refractivity contribution is 9.09. The second-order valence-electron chi connectivity index (χ2n) is 6.10. The molecule has 1 N–H and O–H groups in total. The van der Waals surface area contributed by atoms with Crippen LogP contribution in [0.2, 0.25) is 0 Å². The maximum absolute atomic E-state index is 10.7. The fraction of sp³-hybridized carbons (Fsp3) is 0.417. The summed E-state index contributed by atoms with van der Waals surface area (Å²) in [6.07, 6.45) is 2.95. The molecule has 0 saturated heterocycles. The fourth-order valence-corrected chi connectivity index (χ4v) is 2.30. The molecule has 0 heterocycles. The SMILES string of the molecule is COCCCBr.[2H]C([2H])([2H])Oc1ccc(C=O)cc1O.[2H]C([2H])([2H])Oc1ccc(C=O)cc1OCCCOC. The summed E-state index contributed by atoms with van der Waals surface area (Å²) in [4.78, 5) is 21.0. The average molecular weight is 535 g/mol. The lowest BCUT2D eigenvalue weighted by Crippen LogP contribution is -2.03. The Morgan fingerprint density at radius 3 is 1.94 bits per heavy atom. The van der Waals surface area contributed by atoms with Gasteiger partial charge in [0.15, 0.2) is 23.0 Å². The number of benzene rings is 2. The molecule has 9 heteroatoms. The van der Waals surface area contributed by atoms with Crippen LogP contribution in [0.15, 0.2) is 36.4 Å². The molecule has 0 spiro atoms. The van der Waals surface area contributed by atoms with E-state index in [1.807, 2.05) is 0 Å². The normalized spacial score (nSPS) is 12.9. The highest BCUT2D eigenvalue weighted by atomic mass is 79.9. The van der Waals surface area contributed by atoms with E-state index in [0.717, 1.165) is 24.4 Å². The summed E-state index contributed by atoms with van der Waals surface area (Å²) in [5, 5.41) is 10.3. The first-order chi connectivity index (χ1) is 18.3. The number of methoxy groups -OCH3 is 4. The van der Waals surface area contributed by atoms with Crippen LogP contribution in [0.3, 0.4) is 0 Å². The van der Waals surface area contributed by atoms with Crippen LogP contribution < -0.4 is 14.2 Å². The molecular weight excluding hydrogens is 496 g/mol. The Bertz CT molecular complexity index is 982. The number of halogens is 1. The third kappa shape index (κ3) is 13.5. The number of alkyl halides is 1. The number of ether oxygens (including phenoxy) is 5. The molecule has 2 aromatic rings. The van der Waals surface area contributed by atoms with Crippen LogP contribution in [0.4, 0.5) is 0 Å². The maximum Gasteiger partial charge on any atom is 0.161 e. The Labute approximate surface area is 212 Å². The van der Waals surface area contributed by atoms with Crippen molar-refractivity contribution in [2.24, 2.45) is 0 Å². The minimum Gasteiger partial charge on any atom is -0.504 e. The molecule has 2 rings (SSSR count). The second kappa shape index (κ2) is 20.0. The summed E-state index contributed by atoms with van der Waals surface area (Å²) < 4.78 is 65.9. The lowest BCUT2D eigenvalue weighted by Gasteiger charge is -2.10. The van der Waals surface area contributed by atoms with Gasteiger partial charge in [0.25, 0.3) is 0 Å². The second-order valence-corrected chi connectivity index (χ2v) is 6.90. The summed E-state index contributed by atoms with van der Waals surface area (Å²) in [6.45, 7) is 1.74. The van der Waals surface area contributed by atoms with E-state index in [1.165, 1.54) is 30.3 Å². The van der Waals surface area contributed by atoms with Crippen molar-refractivity contribution < 1.29 is 46.6 Å². The van der Waals surface area contributed by atoms with Crippen LogP contribution in [0.25, 0.3) is 0 Å². The Balaban J connectivity index is 0.000000631. The third-order valence-corrected chi connectivity index (χ3v) is 4.24. The van der Waals surface area contributed by atoms with Crippen molar-refractivity contribution in [3.8, 4) is 23.0 Å². The lowest BCUT2D eigenvalue weighted by molar-refractivity contribution is 0.111. The van der Waals surface area contributed by atoms with E-state index in [0.29, 0.717) is 37.8 Å². The van der Waals surface area contributed by atoms with Crippen LogP contribution in [-0.2, 0) is 9.47 Å². The summed E-state index contributed by atoms with van der Waals surface area (Å²) in [7, 11) is -1.88. The van der Waals surface area contributed by atoms with Crippen LogP contribution in [0, 0.1) is 0 Å². The first-order valence-electron chi connectivity index (χ1n) is 12.7. The van der Waals surface area contributed by atoms with Gasteiger partial charge in [-0.1, -0.05) is 15.9 Å². The van der Waals surface area contributed by atoms with Gasteiger partial charge >= 0.3 is 0 Å². The molecule has 0 atom stereocenters. The third-order valence-electron chi connectivity index (χ3n) is 3.68. The van der Waals surface area contributed by atoms with Crippen molar-refractivity contribution in [3.05, 3.63) is 47.5 Å². The molecule has 0 aliphatic carbocycles. The number of phenols is 1. The molecule has 0 saturated carbocycles. The van der Waals surface area contributed by atoms with Gasteiger partial charge < -0.3 is 28.8 Å². The van der Waals surface area contributed by atoms with Crippen molar-refractivity contribution in [3.63, 3.8) is 0 Å². The number of phenolic OH excluding ortho intramolecular Hbond substituents is 1. The number of aromatic hydroxyl groups is 1. The van der Waals surface area contributed by atoms with E-state index in [1.54, 1.807) is 14.2 Å². The monoisotopic (exact) mass is 534 g/mol. The standard InChI is InChI=1S/C12H16O4.C8H8O3.C4H9BrO/c1-14-6-3-7-16-12-8-10(9-13)4-5-11(12)15-2;1-11-8-3-2-6(5-9)4-7(8)10;1-6-4-2-3-5/h4-5,8-9H,3,6-7H2,1-2H3;2-5,10H,1H3;2-4H2,1H3/i2D3;1D3;. The fourth-order valence-electron chi connectivity index (χ4n) is 2.07. The van der Waals surface area contributed by atoms with Gasteiger partial charge in [0.2, 0.25) is 0 Å². The molecule has 0 aliphatic rings. The number of carbonyl (C=O) groups is 2. The highest BCUT2D eigenvalue weighted by Gasteiger charge is 2.05. The van der Waals surface area contributed by atoms with Gasteiger partial charge in [-0.25, -0.2) is 0 Å². The maximum atomic E-state index is 10.7. The van der Waals surface area contributed by atoms with E-state index in [4.69, 9.17) is 27.2 Å². The highest BCUT2D eigenvalue weighted by Crippen LogP contribution is 2.27. The Kier molecular flexibility index (Phi) is 12.7. The molecule has 8 nitrogen and oxygen atoms in total. The molecule has 0 bridgehead atoms. The first kappa shape index (κ1) is 20.9. The minimum absolute atomic E-state index is 0.0861. The van der Waals surface area contributed by atoms with Gasteiger partial charge in [-0.3, -0.25) is 9.59 Å². The molecule has 0 radical (unpaired) electrons. The van der Waals surface area contributed by atoms with Crippen LogP contribution in [0.1, 0.15) is 41.8 Å². The van der Waals surface area contributed by atoms with E-state index in [2.05, 4.69) is 20.7 Å². The van der Waals surface area contributed by atoms with Gasteiger partial charge in [-0.05, 0) is 42.8 Å². The average Bonchev–Trinajstić information content (AvgIpc) is 2.86. The van der Waals surface area contributed by atoms with Crippen LogP contribution in [0.5, 0.6) is 23.0 Å². The Morgan fingerprint density at radius 2 is 1.42 bits per heavy atom. The number of hydrogen-bond donors (Lipinski definition) is 1. The molecule has 184 valence electrons. The molecule has 0 unspecified atom stereocenters. The van der Waals surface area contributed by atoms with E-state index in [-0.39, 0.29) is 28.6 Å². The quantitative estimate of drug-likeness (QED) is 0.240. The summed E-state index contributed by atoms with van der Waals surface area (Å²) in [6, 6.07) is 8.03. The summed E-state index contributed by atoms with van der Waals surface area (Å²) in [5.41, 5.74) is 0.639. The van der Waals surface area contributed by atoms with Gasteiger partial charge in [-0.15, -0.1) is 0 Å². The van der Waals surface area contributed by atoms with Crippen molar-refractivity contribution in [2.45, 2.75) is 12.8 Å². The molecule has 0 fully saturated rings. The van der Waals surface area contributed by atoms with Gasteiger partial charge in [0.05, 0.1) is 28.9 Å². The minimum atomic E-state index is -2.61. The van der Waals surface area contributed by atoms with Crippen molar-refractivity contribution in [1.29, 1.82) is 0 Å². The molecule has 0 aliphatic heterocycles. The largest absolute Gasteiger partial charge is 0.504 e. The molecular formula is C24H33BrO8. The number of hydrogen-bond acceptors (Lipinski definition) is 8. The molecule has 0 amide bonds. The topological polar surface area (TPSA) is 101 Å². The zero-order valence-corrected chi connectivity index (χ0v) is 20.1. The smallest absolute Gasteiger partial charge is 0.161 e. The predicted octanol–water partition coefficient (Wildman–Crippen LogP) is 4.55. The summed E-state index contributed by atoms with van der Waals surface area (Å²) >= 11 is 3.27. The number of carbonyl (C=O) groups excluding carboxylic acids is 2. The molecule has 33 heavy (non-hydrogen) atoms. The van der Waals surface area contributed by atoms with E-state index in [9.17, 15) is 14.7 Å². The van der Waals surface area contributed by atoms with Crippen LogP contribution >= 0.6 is 15.9 Å². The predicted molar refractivity (Wildman–Crippen MR) is 131 cm³/mol.